The van der Waals surface area contributed by atoms with Gasteiger partial charge >= 0.3 is 0 Å². The summed E-state index contributed by atoms with van der Waals surface area (Å²) in [5.74, 6) is 0.878. The molecule has 2 aromatic carbocycles. The van der Waals surface area contributed by atoms with Crippen molar-refractivity contribution in [2.45, 2.75) is 37.5 Å². The molecule has 136 valence electrons. The quantitative estimate of drug-likeness (QED) is 0.371. The van der Waals surface area contributed by atoms with Gasteiger partial charge in [-0.3, -0.25) is 10.8 Å². The maximum absolute atomic E-state index is 7.33. The zero-order valence-corrected chi connectivity index (χ0v) is 14.8. The minimum atomic E-state index is -0.0486. The van der Waals surface area contributed by atoms with Crippen molar-refractivity contribution in [1.29, 1.82) is 10.8 Å². The van der Waals surface area contributed by atoms with Gasteiger partial charge in [-0.05, 0) is 60.1 Å². The monoisotopic (exact) mass is 350 g/mol. The lowest BCUT2D eigenvalue weighted by Crippen LogP contribution is -2.21. The molecule has 0 spiro atoms. The van der Waals surface area contributed by atoms with E-state index in [4.69, 9.17) is 22.3 Å². The number of benzene rings is 2. The summed E-state index contributed by atoms with van der Waals surface area (Å²) in [6, 6.07) is 16.5. The van der Waals surface area contributed by atoms with E-state index in [0.717, 1.165) is 11.4 Å². The number of anilines is 2. The number of hydrogen-bond acceptors (Lipinski definition) is 2. The molecule has 26 heavy (non-hydrogen) atoms. The van der Waals surface area contributed by atoms with E-state index < -0.39 is 0 Å². The summed E-state index contributed by atoms with van der Waals surface area (Å²) in [6.45, 7) is 0. The van der Waals surface area contributed by atoms with Crippen LogP contribution in [0, 0.1) is 10.8 Å². The lowest BCUT2D eigenvalue weighted by Gasteiger charge is -2.32. The van der Waals surface area contributed by atoms with E-state index >= 15 is 0 Å². The molecule has 0 aliphatic heterocycles. The summed E-state index contributed by atoms with van der Waals surface area (Å²) in [7, 11) is 0. The number of hydrogen-bond donors (Lipinski definition) is 6. The van der Waals surface area contributed by atoms with Gasteiger partial charge in [-0.1, -0.05) is 37.1 Å². The van der Waals surface area contributed by atoms with Crippen LogP contribution in [0.2, 0.25) is 0 Å². The molecule has 1 saturated carbocycles. The van der Waals surface area contributed by atoms with Gasteiger partial charge in [-0.2, -0.15) is 0 Å². The largest absolute Gasteiger partial charge is 0.370 e. The molecule has 0 unspecified atom stereocenters. The van der Waals surface area contributed by atoms with Crippen molar-refractivity contribution in [3.63, 3.8) is 0 Å². The van der Waals surface area contributed by atoms with Crippen molar-refractivity contribution in [1.82, 2.24) is 0 Å². The molecule has 6 nitrogen and oxygen atoms in total. The molecule has 0 radical (unpaired) electrons. The fourth-order valence-electron chi connectivity index (χ4n) is 3.87. The van der Waals surface area contributed by atoms with Crippen LogP contribution < -0.4 is 22.1 Å². The first kappa shape index (κ1) is 17.8. The van der Waals surface area contributed by atoms with E-state index in [1.165, 1.54) is 36.8 Å². The highest BCUT2D eigenvalue weighted by Gasteiger charge is 2.27. The van der Waals surface area contributed by atoms with Crippen LogP contribution in [0.5, 0.6) is 0 Å². The van der Waals surface area contributed by atoms with E-state index in [9.17, 15) is 0 Å². The summed E-state index contributed by atoms with van der Waals surface area (Å²) >= 11 is 0. The highest BCUT2D eigenvalue weighted by Crippen LogP contribution is 2.44. The van der Waals surface area contributed by atoms with Gasteiger partial charge in [-0.25, -0.2) is 0 Å². The second-order valence-corrected chi connectivity index (χ2v) is 6.82. The van der Waals surface area contributed by atoms with Gasteiger partial charge in [0.2, 0.25) is 0 Å². The van der Waals surface area contributed by atoms with Crippen LogP contribution >= 0.6 is 0 Å². The third-order valence-electron chi connectivity index (χ3n) is 5.00. The highest BCUT2D eigenvalue weighted by atomic mass is 15.0. The average Bonchev–Trinajstić information content (AvgIpc) is 2.62. The second kappa shape index (κ2) is 7.91. The fraction of sp³-hybridized carbons (Fsp3) is 0.300. The van der Waals surface area contributed by atoms with E-state index in [1.807, 2.05) is 24.3 Å². The van der Waals surface area contributed by atoms with Crippen molar-refractivity contribution < 1.29 is 0 Å². The molecule has 2 atom stereocenters. The maximum atomic E-state index is 7.33. The van der Waals surface area contributed by atoms with Gasteiger partial charge in [0.15, 0.2) is 11.9 Å². The third kappa shape index (κ3) is 4.33. The Bertz CT molecular complexity index is 698. The topological polar surface area (TPSA) is 124 Å². The first-order valence-corrected chi connectivity index (χ1v) is 8.95. The molecule has 0 aromatic heterocycles. The summed E-state index contributed by atoms with van der Waals surface area (Å²) in [5, 5.41) is 20.3. The minimum absolute atomic E-state index is 0.0486. The SMILES string of the molecule is N=C(N)Nc1ccc([C@@H]2CCCC[C@H]2c2ccc(NC(=N)N)cc2)cc1. The molecule has 1 fully saturated rings. The molecule has 0 heterocycles. The van der Waals surface area contributed by atoms with Crippen LogP contribution in [0.3, 0.4) is 0 Å². The molecule has 0 saturated heterocycles. The van der Waals surface area contributed by atoms with Crippen molar-refractivity contribution in [2.24, 2.45) is 11.5 Å². The summed E-state index contributed by atoms with van der Waals surface area (Å²) in [4.78, 5) is 0. The van der Waals surface area contributed by atoms with Crippen LogP contribution in [0.1, 0.15) is 48.6 Å². The molecule has 1 aliphatic rings. The van der Waals surface area contributed by atoms with Crippen LogP contribution in [0.4, 0.5) is 11.4 Å². The Morgan fingerprint density at radius 2 is 1.04 bits per heavy atom. The number of rotatable bonds is 4. The van der Waals surface area contributed by atoms with Crippen LogP contribution in [-0.2, 0) is 0 Å². The standard InChI is InChI=1S/C20H26N6/c21-19(22)25-15-9-5-13(6-10-15)17-3-1-2-4-18(17)14-7-11-16(12-8-14)26-20(23)24/h5-12,17-18H,1-4H2,(H4,21,22,25)(H4,23,24,26)/t17-,18-/m0/s1. The molecule has 6 heteroatoms. The van der Waals surface area contributed by atoms with E-state index in [-0.39, 0.29) is 11.9 Å². The molecular weight excluding hydrogens is 324 g/mol. The summed E-state index contributed by atoms with van der Waals surface area (Å²) < 4.78 is 0. The minimum Gasteiger partial charge on any atom is -0.370 e. The number of nitrogens with one attached hydrogen (secondary N) is 4. The molecule has 2 aromatic rings. The Hall–Kier alpha value is -3.02. The normalized spacial score (nSPS) is 19.5. The molecule has 0 bridgehead atoms. The molecule has 0 amide bonds. The van der Waals surface area contributed by atoms with Gasteiger partial charge in [0.05, 0.1) is 0 Å². The van der Waals surface area contributed by atoms with E-state index in [2.05, 4.69) is 34.9 Å². The number of guanidine groups is 2. The number of nitrogens with two attached hydrogens (primary N) is 2. The van der Waals surface area contributed by atoms with Crippen LogP contribution in [0.15, 0.2) is 48.5 Å². The van der Waals surface area contributed by atoms with Gasteiger partial charge in [-0.15, -0.1) is 0 Å². The smallest absolute Gasteiger partial charge is 0.190 e. The molecule has 8 N–H and O–H groups in total. The van der Waals surface area contributed by atoms with Crippen LogP contribution in [0.25, 0.3) is 0 Å². The lowest BCUT2D eigenvalue weighted by atomic mass is 9.72. The van der Waals surface area contributed by atoms with Gasteiger partial charge < -0.3 is 22.1 Å². The van der Waals surface area contributed by atoms with Crippen molar-refractivity contribution in [3.8, 4) is 0 Å². The zero-order chi connectivity index (χ0) is 18.5. The van der Waals surface area contributed by atoms with E-state index in [1.54, 1.807) is 0 Å². The van der Waals surface area contributed by atoms with Crippen molar-refractivity contribution in [3.05, 3.63) is 59.7 Å². The first-order chi connectivity index (χ1) is 12.5. The fourth-order valence-corrected chi connectivity index (χ4v) is 3.87. The summed E-state index contributed by atoms with van der Waals surface area (Å²) in [5.41, 5.74) is 15.1. The Kier molecular flexibility index (Phi) is 5.41. The first-order valence-electron chi connectivity index (χ1n) is 8.95. The average molecular weight is 350 g/mol. The van der Waals surface area contributed by atoms with Gasteiger partial charge in [0.25, 0.3) is 0 Å². The van der Waals surface area contributed by atoms with Crippen molar-refractivity contribution >= 4 is 23.3 Å². The van der Waals surface area contributed by atoms with Crippen molar-refractivity contribution in [2.75, 3.05) is 10.6 Å². The summed E-state index contributed by atoms with van der Waals surface area (Å²) in [6.07, 6.45) is 4.85. The second-order valence-electron chi connectivity index (χ2n) is 6.82. The Morgan fingerprint density at radius 1 is 0.692 bits per heavy atom. The van der Waals surface area contributed by atoms with Crippen LogP contribution in [-0.4, -0.2) is 11.9 Å². The van der Waals surface area contributed by atoms with Gasteiger partial charge in [0.1, 0.15) is 0 Å². The predicted octanol–water partition coefficient (Wildman–Crippen LogP) is 3.74. The predicted molar refractivity (Wildman–Crippen MR) is 108 cm³/mol. The third-order valence-corrected chi connectivity index (χ3v) is 5.00. The zero-order valence-electron chi connectivity index (χ0n) is 14.8. The highest BCUT2D eigenvalue weighted by molar-refractivity contribution is 5.90. The molecule has 3 rings (SSSR count). The molecular formula is C20H26N6. The lowest BCUT2D eigenvalue weighted by molar-refractivity contribution is 0.386. The Morgan fingerprint density at radius 3 is 1.35 bits per heavy atom. The maximum Gasteiger partial charge on any atom is 0.190 e. The Balaban J connectivity index is 1.79. The molecule has 1 aliphatic carbocycles. The Labute approximate surface area is 154 Å². The van der Waals surface area contributed by atoms with E-state index in [0.29, 0.717) is 11.8 Å². The van der Waals surface area contributed by atoms with Gasteiger partial charge in [0, 0.05) is 11.4 Å².